The van der Waals surface area contributed by atoms with Crippen molar-refractivity contribution >= 4 is 21.7 Å². The zero-order valence-corrected chi connectivity index (χ0v) is 14.3. The fourth-order valence-electron chi connectivity index (χ4n) is 3.70. The molecule has 1 aliphatic rings. The van der Waals surface area contributed by atoms with Gasteiger partial charge in [0, 0.05) is 15.5 Å². The van der Waals surface area contributed by atoms with Crippen LogP contribution in [0.3, 0.4) is 0 Å². The topological polar surface area (TPSA) is 17.1 Å². The normalized spacial score (nSPS) is 14.7. The molecule has 108 valence electrons. The molecule has 3 rings (SSSR count). The lowest BCUT2D eigenvalue weighted by Crippen LogP contribution is -2.23. The molecule has 0 saturated heterocycles. The third-order valence-electron chi connectivity index (χ3n) is 4.94. The molecule has 0 atom stereocenters. The number of halogens is 1. The van der Waals surface area contributed by atoms with E-state index >= 15 is 0 Å². The maximum atomic E-state index is 11.8. The number of rotatable bonds is 3. The molecule has 0 heterocycles. The molecule has 0 spiro atoms. The van der Waals surface area contributed by atoms with Crippen LogP contribution < -0.4 is 0 Å². The molecule has 2 heteroatoms. The number of ketones is 1. The minimum absolute atomic E-state index is 0.0277. The Morgan fingerprint density at radius 2 is 1.57 bits per heavy atom. The standard InChI is InChI=1S/C19H19BrO/c1-4-19(5-2)17-10-13(12(3)21)6-8-15(17)16-9-7-14(20)11-18(16)19/h6-11H,4-5H2,1-3H3. The van der Waals surface area contributed by atoms with Crippen molar-refractivity contribution in [1.82, 2.24) is 0 Å². The Bertz CT molecular complexity index is 726. The predicted molar refractivity (Wildman–Crippen MR) is 90.9 cm³/mol. The Balaban J connectivity index is 2.34. The van der Waals surface area contributed by atoms with E-state index in [4.69, 9.17) is 0 Å². The number of carbonyl (C=O) groups is 1. The molecule has 0 N–H and O–H groups in total. The van der Waals surface area contributed by atoms with Crippen molar-refractivity contribution in [1.29, 1.82) is 0 Å². The van der Waals surface area contributed by atoms with E-state index in [0.29, 0.717) is 0 Å². The largest absolute Gasteiger partial charge is 0.295 e. The summed E-state index contributed by atoms with van der Waals surface area (Å²) in [6, 6.07) is 12.7. The second kappa shape index (κ2) is 5.10. The Morgan fingerprint density at radius 3 is 2.14 bits per heavy atom. The predicted octanol–water partition coefficient (Wildman–Crippen LogP) is 5.74. The fraction of sp³-hybridized carbons (Fsp3) is 0.316. The van der Waals surface area contributed by atoms with Gasteiger partial charge in [0.15, 0.2) is 5.78 Å². The smallest absolute Gasteiger partial charge is 0.159 e. The first-order chi connectivity index (χ1) is 10.0. The van der Waals surface area contributed by atoms with Gasteiger partial charge in [0.1, 0.15) is 0 Å². The summed E-state index contributed by atoms with van der Waals surface area (Å²) in [5, 5.41) is 0. The highest BCUT2D eigenvalue weighted by molar-refractivity contribution is 9.10. The van der Waals surface area contributed by atoms with E-state index in [1.807, 2.05) is 6.07 Å². The number of hydrogen-bond acceptors (Lipinski definition) is 1. The third-order valence-corrected chi connectivity index (χ3v) is 5.43. The molecule has 0 unspecified atom stereocenters. The molecule has 0 aliphatic heterocycles. The van der Waals surface area contributed by atoms with Crippen molar-refractivity contribution in [3.05, 3.63) is 57.6 Å². The summed E-state index contributed by atoms with van der Waals surface area (Å²) in [6.07, 6.45) is 2.09. The molecule has 2 aromatic rings. The van der Waals surface area contributed by atoms with Gasteiger partial charge in [-0.2, -0.15) is 0 Å². The van der Waals surface area contributed by atoms with E-state index in [9.17, 15) is 4.79 Å². The molecule has 0 amide bonds. The molecule has 1 nitrogen and oxygen atoms in total. The fourth-order valence-corrected chi connectivity index (χ4v) is 4.06. The lowest BCUT2D eigenvalue weighted by molar-refractivity contribution is 0.101. The number of benzene rings is 2. The van der Waals surface area contributed by atoms with Gasteiger partial charge in [0.2, 0.25) is 0 Å². The molecule has 21 heavy (non-hydrogen) atoms. The number of Topliss-reactive ketones (excluding diaryl/α,β-unsaturated/α-hetero) is 1. The molecule has 0 bridgehead atoms. The number of fused-ring (bicyclic) bond motifs is 3. The van der Waals surface area contributed by atoms with Crippen LogP contribution in [-0.4, -0.2) is 5.78 Å². The SMILES string of the molecule is CCC1(CC)c2cc(Br)ccc2-c2ccc(C(C)=O)cc21. The van der Waals surface area contributed by atoms with Crippen molar-refractivity contribution in [2.24, 2.45) is 0 Å². The number of carbonyl (C=O) groups excluding carboxylic acids is 1. The summed E-state index contributed by atoms with van der Waals surface area (Å²) in [7, 11) is 0. The monoisotopic (exact) mass is 342 g/mol. The van der Waals surface area contributed by atoms with Crippen LogP contribution in [0.2, 0.25) is 0 Å². The van der Waals surface area contributed by atoms with Gasteiger partial charge in [-0.3, -0.25) is 4.79 Å². The second-order valence-electron chi connectivity index (χ2n) is 5.80. The van der Waals surface area contributed by atoms with Crippen LogP contribution in [-0.2, 0) is 5.41 Å². The van der Waals surface area contributed by atoms with Crippen molar-refractivity contribution in [2.45, 2.75) is 39.0 Å². The lowest BCUT2D eigenvalue weighted by Gasteiger charge is -2.30. The average molecular weight is 343 g/mol. The van der Waals surface area contributed by atoms with E-state index in [0.717, 1.165) is 22.9 Å². The first-order valence-corrected chi connectivity index (χ1v) is 8.28. The molecule has 0 aromatic heterocycles. The lowest BCUT2D eigenvalue weighted by atomic mass is 9.73. The minimum atomic E-state index is 0.0277. The van der Waals surface area contributed by atoms with Crippen LogP contribution in [0.15, 0.2) is 40.9 Å². The van der Waals surface area contributed by atoms with Gasteiger partial charge in [0.25, 0.3) is 0 Å². The van der Waals surface area contributed by atoms with E-state index in [1.54, 1.807) is 6.92 Å². The second-order valence-corrected chi connectivity index (χ2v) is 6.71. The molecular weight excluding hydrogens is 324 g/mol. The van der Waals surface area contributed by atoms with Gasteiger partial charge < -0.3 is 0 Å². The van der Waals surface area contributed by atoms with Gasteiger partial charge in [-0.1, -0.05) is 48.0 Å². The van der Waals surface area contributed by atoms with E-state index in [2.05, 4.69) is 60.1 Å². The van der Waals surface area contributed by atoms with Gasteiger partial charge in [-0.15, -0.1) is 0 Å². The van der Waals surface area contributed by atoms with Crippen LogP contribution in [0.1, 0.15) is 55.1 Å². The summed E-state index contributed by atoms with van der Waals surface area (Å²) in [5.74, 6) is 0.135. The Labute approximate surface area is 134 Å². The molecule has 2 aromatic carbocycles. The average Bonchev–Trinajstić information content (AvgIpc) is 2.76. The summed E-state index contributed by atoms with van der Waals surface area (Å²) >= 11 is 3.60. The first kappa shape index (κ1) is 14.5. The van der Waals surface area contributed by atoms with Crippen LogP contribution in [0.5, 0.6) is 0 Å². The highest BCUT2D eigenvalue weighted by Gasteiger charge is 2.40. The van der Waals surface area contributed by atoms with Crippen LogP contribution in [0.4, 0.5) is 0 Å². The highest BCUT2D eigenvalue weighted by Crippen LogP contribution is 2.53. The number of hydrogen-bond donors (Lipinski definition) is 0. The molecule has 0 fully saturated rings. The Hall–Kier alpha value is -1.41. The van der Waals surface area contributed by atoms with Gasteiger partial charge in [0.05, 0.1) is 0 Å². The third kappa shape index (κ3) is 2.00. The summed E-state index contributed by atoms with van der Waals surface area (Å²) < 4.78 is 1.12. The quantitative estimate of drug-likeness (QED) is 0.650. The zero-order chi connectivity index (χ0) is 15.2. The molecule has 1 aliphatic carbocycles. The Morgan fingerprint density at radius 1 is 1.00 bits per heavy atom. The van der Waals surface area contributed by atoms with Crippen LogP contribution in [0.25, 0.3) is 11.1 Å². The summed E-state index contributed by atoms with van der Waals surface area (Å²) in [6.45, 7) is 6.12. The summed E-state index contributed by atoms with van der Waals surface area (Å²) in [5.41, 5.74) is 6.14. The van der Waals surface area contributed by atoms with E-state index in [-0.39, 0.29) is 11.2 Å². The molecule has 0 saturated carbocycles. The Kier molecular flexibility index (Phi) is 3.53. The molecule has 0 radical (unpaired) electrons. The maximum Gasteiger partial charge on any atom is 0.159 e. The van der Waals surface area contributed by atoms with E-state index in [1.165, 1.54) is 22.3 Å². The summed E-state index contributed by atoms with van der Waals surface area (Å²) in [4.78, 5) is 11.8. The maximum absolute atomic E-state index is 11.8. The minimum Gasteiger partial charge on any atom is -0.295 e. The van der Waals surface area contributed by atoms with Crippen molar-refractivity contribution in [3.8, 4) is 11.1 Å². The van der Waals surface area contributed by atoms with Gasteiger partial charge in [-0.05, 0) is 60.2 Å². The van der Waals surface area contributed by atoms with Crippen molar-refractivity contribution < 1.29 is 4.79 Å². The van der Waals surface area contributed by atoms with Crippen LogP contribution >= 0.6 is 15.9 Å². The van der Waals surface area contributed by atoms with Gasteiger partial charge >= 0.3 is 0 Å². The molecular formula is C19H19BrO. The van der Waals surface area contributed by atoms with Crippen molar-refractivity contribution in [3.63, 3.8) is 0 Å². The van der Waals surface area contributed by atoms with E-state index < -0.39 is 0 Å². The van der Waals surface area contributed by atoms with Crippen LogP contribution in [0, 0.1) is 0 Å². The zero-order valence-electron chi connectivity index (χ0n) is 12.7. The first-order valence-electron chi connectivity index (χ1n) is 7.49. The highest BCUT2D eigenvalue weighted by atomic mass is 79.9. The van der Waals surface area contributed by atoms with Gasteiger partial charge in [-0.25, -0.2) is 0 Å². The van der Waals surface area contributed by atoms with Crippen molar-refractivity contribution in [2.75, 3.05) is 0 Å².